The average molecular weight is 277 g/mol. The number of halogens is 2. The normalized spacial score (nSPS) is 10.4. The van der Waals surface area contributed by atoms with Crippen molar-refractivity contribution in [2.24, 2.45) is 0 Å². The van der Waals surface area contributed by atoms with Crippen molar-refractivity contribution in [2.45, 2.75) is 20.4 Å². The van der Waals surface area contributed by atoms with Gasteiger partial charge in [-0.3, -0.25) is 9.78 Å². The molecule has 0 aliphatic heterocycles. The van der Waals surface area contributed by atoms with E-state index in [0.29, 0.717) is 6.07 Å². The molecule has 2 heterocycles. The van der Waals surface area contributed by atoms with Crippen LogP contribution < -0.4 is 5.32 Å². The van der Waals surface area contributed by atoms with E-state index in [1.165, 1.54) is 0 Å². The van der Waals surface area contributed by atoms with Crippen molar-refractivity contribution in [2.75, 3.05) is 0 Å². The van der Waals surface area contributed by atoms with Crippen LogP contribution in [-0.4, -0.2) is 15.9 Å². The van der Waals surface area contributed by atoms with Crippen molar-refractivity contribution >= 4 is 5.91 Å². The van der Waals surface area contributed by atoms with Gasteiger partial charge in [0.05, 0.1) is 6.20 Å². The molecule has 0 unspecified atom stereocenters. The monoisotopic (exact) mass is 277 g/mol. The molecule has 2 rings (SSSR count). The molecule has 2 aromatic rings. The van der Waals surface area contributed by atoms with E-state index in [2.05, 4.69) is 15.3 Å². The van der Waals surface area contributed by atoms with E-state index < -0.39 is 23.2 Å². The molecule has 0 aliphatic rings. The van der Waals surface area contributed by atoms with Crippen LogP contribution >= 0.6 is 0 Å². The highest BCUT2D eigenvalue weighted by Crippen LogP contribution is 2.09. The molecule has 1 amide bonds. The molecule has 0 bridgehead atoms. The first-order chi connectivity index (χ1) is 9.47. The second-order valence-electron chi connectivity index (χ2n) is 4.42. The molecular weight excluding hydrogens is 264 g/mol. The maximum absolute atomic E-state index is 13.4. The van der Waals surface area contributed by atoms with Crippen LogP contribution in [0.25, 0.3) is 0 Å². The average Bonchev–Trinajstić information content (AvgIpc) is 2.37. The van der Waals surface area contributed by atoms with Gasteiger partial charge in [0, 0.05) is 24.5 Å². The van der Waals surface area contributed by atoms with E-state index in [1.807, 2.05) is 19.9 Å². The molecule has 0 radical (unpaired) electrons. The Kier molecular flexibility index (Phi) is 4.02. The first-order valence-electron chi connectivity index (χ1n) is 5.98. The second-order valence-corrected chi connectivity index (χ2v) is 4.42. The van der Waals surface area contributed by atoms with Gasteiger partial charge in [-0.2, -0.15) is 0 Å². The summed E-state index contributed by atoms with van der Waals surface area (Å²) < 4.78 is 26.1. The molecule has 6 heteroatoms. The largest absolute Gasteiger partial charge is 0.346 e. The lowest BCUT2D eigenvalue weighted by atomic mass is 10.1. The number of rotatable bonds is 3. The van der Waals surface area contributed by atoms with Crippen molar-refractivity contribution in [3.05, 3.63) is 58.7 Å². The van der Waals surface area contributed by atoms with E-state index in [4.69, 9.17) is 0 Å². The van der Waals surface area contributed by atoms with Gasteiger partial charge in [-0.05, 0) is 31.0 Å². The molecule has 104 valence electrons. The molecule has 4 nitrogen and oxygen atoms in total. The maximum Gasteiger partial charge on any atom is 0.273 e. The molecule has 0 fully saturated rings. The van der Waals surface area contributed by atoms with Crippen LogP contribution in [0.2, 0.25) is 0 Å². The molecule has 0 spiro atoms. The Hall–Kier alpha value is -2.37. The quantitative estimate of drug-likeness (QED) is 0.936. The number of hydrogen-bond acceptors (Lipinski definition) is 3. The Morgan fingerprint density at radius 2 is 1.95 bits per heavy atom. The summed E-state index contributed by atoms with van der Waals surface area (Å²) in [7, 11) is 0. The molecule has 1 N–H and O–H groups in total. The fraction of sp³-hybridized carbons (Fsp3) is 0.214. The molecule has 0 aliphatic carbocycles. The van der Waals surface area contributed by atoms with Gasteiger partial charge in [-0.1, -0.05) is 0 Å². The van der Waals surface area contributed by atoms with Gasteiger partial charge in [0.2, 0.25) is 0 Å². The summed E-state index contributed by atoms with van der Waals surface area (Å²) in [6.07, 6.45) is 2.45. The minimum atomic E-state index is -0.985. The number of carbonyl (C=O) groups excluding carboxylic acids is 1. The van der Waals surface area contributed by atoms with Crippen LogP contribution in [0.1, 0.15) is 27.3 Å². The number of carbonyl (C=O) groups is 1. The van der Waals surface area contributed by atoms with Gasteiger partial charge in [0.1, 0.15) is 5.82 Å². The Morgan fingerprint density at radius 3 is 2.60 bits per heavy atom. The van der Waals surface area contributed by atoms with Crippen molar-refractivity contribution in [1.82, 2.24) is 15.3 Å². The summed E-state index contributed by atoms with van der Waals surface area (Å²) in [6.45, 7) is 3.97. The third kappa shape index (κ3) is 3.14. The molecule has 20 heavy (non-hydrogen) atoms. The summed E-state index contributed by atoms with van der Waals surface area (Å²) in [5.41, 5.74) is 2.25. The van der Waals surface area contributed by atoms with Crippen LogP contribution in [-0.2, 0) is 6.54 Å². The Bertz CT molecular complexity index is 659. The van der Waals surface area contributed by atoms with Gasteiger partial charge < -0.3 is 5.32 Å². The van der Waals surface area contributed by atoms with Gasteiger partial charge in [0.15, 0.2) is 11.5 Å². The summed E-state index contributed by atoms with van der Waals surface area (Å²) >= 11 is 0. The number of nitrogens with zero attached hydrogens (tertiary/aromatic N) is 2. The van der Waals surface area contributed by atoms with E-state index in [9.17, 15) is 13.6 Å². The zero-order valence-electron chi connectivity index (χ0n) is 11.1. The number of aromatic nitrogens is 2. The number of nitrogens with one attached hydrogen (secondary N) is 1. The van der Waals surface area contributed by atoms with Gasteiger partial charge in [-0.25, -0.2) is 13.8 Å². The van der Waals surface area contributed by atoms with E-state index in [-0.39, 0.29) is 6.54 Å². The van der Waals surface area contributed by atoms with Crippen molar-refractivity contribution in [3.8, 4) is 0 Å². The highest BCUT2D eigenvalue weighted by atomic mass is 19.1. The van der Waals surface area contributed by atoms with Crippen LogP contribution in [0.4, 0.5) is 8.78 Å². The lowest BCUT2D eigenvalue weighted by Crippen LogP contribution is -2.25. The van der Waals surface area contributed by atoms with Crippen LogP contribution in [0.3, 0.4) is 0 Å². The van der Waals surface area contributed by atoms with Crippen molar-refractivity contribution < 1.29 is 13.6 Å². The molecule has 0 aromatic carbocycles. The van der Waals surface area contributed by atoms with Gasteiger partial charge in [-0.15, -0.1) is 0 Å². The maximum atomic E-state index is 13.4. The molecule has 2 aromatic heterocycles. The highest BCUT2D eigenvalue weighted by molar-refractivity contribution is 5.92. The predicted octanol–water partition coefficient (Wildman–Crippen LogP) is 2.30. The highest BCUT2D eigenvalue weighted by Gasteiger charge is 2.14. The molecular formula is C14H13F2N3O. The minimum Gasteiger partial charge on any atom is -0.346 e. The topological polar surface area (TPSA) is 54.9 Å². The lowest BCUT2D eigenvalue weighted by Gasteiger charge is -2.08. The third-order valence-corrected chi connectivity index (χ3v) is 2.82. The molecule has 0 atom stereocenters. The third-order valence-electron chi connectivity index (χ3n) is 2.82. The van der Waals surface area contributed by atoms with Crippen LogP contribution in [0.5, 0.6) is 0 Å². The Balaban J connectivity index is 2.08. The Morgan fingerprint density at radius 1 is 1.20 bits per heavy atom. The van der Waals surface area contributed by atoms with Crippen LogP contribution in [0, 0.1) is 25.5 Å². The number of amides is 1. The fourth-order valence-electron chi connectivity index (χ4n) is 1.75. The van der Waals surface area contributed by atoms with Crippen molar-refractivity contribution in [3.63, 3.8) is 0 Å². The first-order valence-corrected chi connectivity index (χ1v) is 5.98. The summed E-state index contributed by atoms with van der Waals surface area (Å²) in [5.74, 6) is -2.50. The zero-order valence-corrected chi connectivity index (χ0v) is 11.1. The van der Waals surface area contributed by atoms with E-state index in [0.717, 1.165) is 23.0 Å². The SMILES string of the molecule is Cc1cc(C)c(CNC(=O)c2ncc(F)cc2F)cn1. The first kappa shape index (κ1) is 14.0. The molecule has 0 saturated heterocycles. The van der Waals surface area contributed by atoms with E-state index >= 15 is 0 Å². The number of pyridine rings is 2. The predicted molar refractivity (Wildman–Crippen MR) is 69.0 cm³/mol. The number of aryl methyl sites for hydroxylation is 2. The fourth-order valence-corrected chi connectivity index (χ4v) is 1.75. The van der Waals surface area contributed by atoms with E-state index in [1.54, 1.807) is 6.20 Å². The lowest BCUT2D eigenvalue weighted by molar-refractivity contribution is 0.0941. The minimum absolute atomic E-state index is 0.205. The summed E-state index contributed by atoms with van der Waals surface area (Å²) in [5, 5.41) is 2.53. The van der Waals surface area contributed by atoms with Crippen LogP contribution in [0.15, 0.2) is 24.5 Å². The smallest absolute Gasteiger partial charge is 0.273 e. The van der Waals surface area contributed by atoms with Gasteiger partial charge in [0.25, 0.3) is 5.91 Å². The molecule has 0 saturated carbocycles. The van der Waals surface area contributed by atoms with Crippen molar-refractivity contribution in [1.29, 1.82) is 0 Å². The number of hydrogen-bond donors (Lipinski definition) is 1. The summed E-state index contributed by atoms with van der Waals surface area (Å²) in [6, 6.07) is 2.51. The standard InChI is InChI=1S/C14H13F2N3O/c1-8-3-9(2)17-5-10(8)6-19-14(20)13-12(16)4-11(15)7-18-13/h3-5,7H,6H2,1-2H3,(H,19,20). The summed E-state index contributed by atoms with van der Waals surface area (Å²) in [4.78, 5) is 19.4. The Labute approximate surface area is 114 Å². The zero-order chi connectivity index (χ0) is 14.7. The van der Waals surface area contributed by atoms with Gasteiger partial charge >= 0.3 is 0 Å². The second kappa shape index (κ2) is 5.73.